The van der Waals surface area contributed by atoms with E-state index in [0.717, 1.165) is 0 Å². The average Bonchev–Trinajstić information content (AvgIpc) is 2.63. The van der Waals surface area contributed by atoms with Gasteiger partial charge in [-0.2, -0.15) is 5.10 Å². The van der Waals surface area contributed by atoms with E-state index in [4.69, 9.17) is 4.74 Å². The number of rotatable bonds is 5. The van der Waals surface area contributed by atoms with Crippen LogP contribution in [0, 0.1) is 5.92 Å². The van der Waals surface area contributed by atoms with Crippen molar-refractivity contribution in [3.8, 4) is 5.75 Å². The van der Waals surface area contributed by atoms with E-state index >= 15 is 0 Å². The highest BCUT2D eigenvalue weighted by Gasteiger charge is 2.25. The first kappa shape index (κ1) is 13.0. The number of nitrogens with zero attached hydrogens (tertiary/aromatic N) is 2. The topological polar surface area (TPSA) is 47.3 Å². The van der Waals surface area contributed by atoms with Gasteiger partial charge in [-0.3, -0.25) is 4.68 Å². The normalized spacial score (nSPS) is 15.5. The Kier molecular flexibility index (Phi) is 3.97. The molecule has 1 atom stereocenters. The highest BCUT2D eigenvalue weighted by atomic mass is 16.5. The summed E-state index contributed by atoms with van der Waals surface area (Å²) in [7, 11) is 0. The van der Waals surface area contributed by atoms with Crippen LogP contribution in [0.1, 0.15) is 40.7 Å². The van der Waals surface area contributed by atoms with E-state index in [1.165, 1.54) is 0 Å². The van der Waals surface area contributed by atoms with Crippen molar-refractivity contribution in [2.75, 3.05) is 6.61 Å². The molecule has 0 aliphatic rings. The second kappa shape index (κ2) is 4.87. The lowest BCUT2D eigenvalue weighted by atomic mass is 9.94. The summed E-state index contributed by atoms with van der Waals surface area (Å²) in [6.45, 7) is 10.1. The Bertz CT molecular complexity index is 330. The summed E-state index contributed by atoms with van der Waals surface area (Å²) in [4.78, 5) is 0. The average molecular weight is 226 g/mol. The van der Waals surface area contributed by atoms with Crippen molar-refractivity contribution in [3.63, 3.8) is 0 Å². The van der Waals surface area contributed by atoms with Crippen molar-refractivity contribution in [1.82, 2.24) is 9.78 Å². The van der Waals surface area contributed by atoms with Gasteiger partial charge >= 0.3 is 0 Å². The number of hydrogen-bond donors (Lipinski definition) is 1. The Morgan fingerprint density at radius 3 is 2.50 bits per heavy atom. The van der Waals surface area contributed by atoms with Crippen LogP contribution in [0.5, 0.6) is 5.75 Å². The summed E-state index contributed by atoms with van der Waals surface area (Å²) in [6, 6.07) is 0.322. The Balaban J connectivity index is 2.55. The van der Waals surface area contributed by atoms with Crippen molar-refractivity contribution < 1.29 is 9.84 Å². The minimum absolute atomic E-state index is 0.160. The fourth-order valence-corrected chi connectivity index (χ4v) is 1.07. The highest BCUT2D eigenvalue weighted by molar-refractivity contribution is 5.12. The maximum absolute atomic E-state index is 10.0. The molecule has 0 aliphatic carbocycles. The Morgan fingerprint density at radius 2 is 2.06 bits per heavy atom. The number of aliphatic hydroxyl groups is 1. The van der Waals surface area contributed by atoms with Crippen molar-refractivity contribution in [2.24, 2.45) is 5.92 Å². The van der Waals surface area contributed by atoms with Gasteiger partial charge in [-0.25, -0.2) is 0 Å². The fraction of sp³-hybridized carbons (Fsp3) is 0.750. The molecule has 0 bridgehead atoms. The predicted octanol–water partition coefficient (Wildman–Crippen LogP) is 2.25. The number of ether oxygens (including phenoxy) is 1. The summed E-state index contributed by atoms with van der Waals surface area (Å²) in [6.07, 6.45) is 3.53. The molecular formula is C12H22N2O2. The van der Waals surface area contributed by atoms with E-state index in [0.29, 0.717) is 11.8 Å². The van der Waals surface area contributed by atoms with E-state index < -0.39 is 5.60 Å². The van der Waals surface area contributed by atoms with E-state index in [1.807, 2.05) is 24.7 Å². The van der Waals surface area contributed by atoms with Crippen LogP contribution in [0.25, 0.3) is 0 Å². The van der Waals surface area contributed by atoms with Crippen molar-refractivity contribution in [1.29, 1.82) is 0 Å². The van der Waals surface area contributed by atoms with E-state index in [1.54, 1.807) is 13.1 Å². The first-order chi connectivity index (χ1) is 7.33. The highest BCUT2D eigenvalue weighted by Crippen LogP contribution is 2.19. The first-order valence-corrected chi connectivity index (χ1v) is 5.72. The smallest absolute Gasteiger partial charge is 0.157 e. The quantitative estimate of drug-likeness (QED) is 0.837. The molecule has 0 aliphatic heterocycles. The number of hydrogen-bond acceptors (Lipinski definition) is 3. The van der Waals surface area contributed by atoms with Crippen LogP contribution < -0.4 is 4.74 Å². The maximum atomic E-state index is 10.0. The minimum Gasteiger partial charge on any atom is -0.487 e. The summed E-state index contributed by atoms with van der Waals surface area (Å²) in [5.74, 6) is 0.863. The summed E-state index contributed by atoms with van der Waals surface area (Å²) in [5.41, 5.74) is -0.806. The predicted molar refractivity (Wildman–Crippen MR) is 63.6 cm³/mol. The Morgan fingerprint density at radius 1 is 1.44 bits per heavy atom. The lowest BCUT2D eigenvalue weighted by Gasteiger charge is -2.26. The second-order valence-electron chi connectivity index (χ2n) is 5.05. The standard InChI is InChI=1S/C12H22N2O2/c1-9(2)12(5,15)8-16-11-6-13-14(7-11)10(3)4/h6-7,9-10,15H,8H2,1-5H3. The zero-order chi connectivity index (χ0) is 12.3. The largest absolute Gasteiger partial charge is 0.487 e. The molecule has 4 heteroatoms. The molecule has 1 aromatic rings. The molecule has 92 valence electrons. The second-order valence-corrected chi connectivity index (χ2v) is 5.05. The summed E-state index contributed by atoms with van der Waals surface area (Å²) < 4.78 is 7.36. The molecule has 1 N–H and O–H groups in total. The van der Waals surface area contributed by atoms with Gasteiger partial charge < -0.3 is 9.84 Å². The zero-order valence-corrected chi connectivity index (χ0v) is 10.8. The van der Waals surface area contributed by atoms with Gasteiger partial charge in [-0.1, -0.05) is 13.8 Å². The molecule has 0 aromatic carbocycles. The summed E-state index contributed by atoms with van der Waals surface area (Å²) in [5, 5.41) is 14.2. The van der Waals surface area contributed by atoms with Gasteiger partial charge in [0.2, 0.25) is 0 Å². The molecule has 1 unspecified atom stereocenters. The molecule has 0 saturated heterocycles. The molecule has 4 nitrogen and oxygen atoms in total. The van der Waals surface area contributed by atoms with Crippen molar-refractivity contribution in [3.05, 3.63) is 12.4 Å². The third-order valence-corrected chi connectivity index (χ3v) is 2.88. The van der Waals surface area contributed by atoms with Crippen LogP contribution in [-0.2, 0) is 0 Å². The summed E-state index contributed by atoms with van der Waals surface area (Å²) >= 11 is 0. The Hall–Kier alpha value is -1.03. The van der Waals surface area contributed by atoms with Crippen LogP contribution in [0.4, 0.5) is 0 Å². The SMILES string of the molecule is CC(C)n1cc(OCC(C)(O)C(C)C)cn1. The fourth-order valence-electron chi connectivity index (χ4n) is 1.07. The molecule has 0 amide bonds. The van der Waals surface area contributed by atoms with E-state index in [2.05, 4.69) is 18.9 Å². The van der Waals surface area contributed by atoms with Gasteiger partial charge in [0.05, 0.1) is 18.0 Å². The first-order valence-electron chi connectivity index (χ1n) is 5.72. The van der Waals surface area contributed by atoms with Gasteiger partial charge in [-0.05, 0) is 26.7 Å². The molecule has 1 rings (SSSR count). The van der Waals surface area contributed by atoms with Gasteiger partial charge in [-0.15, -0.1) is 0 Å². The third-order valence-electron chi connectivity index (χ3n) is 2.88. The van der Waals surface area contributed by atoms with E-state index in [-0.39, 0.29) is 12.5 Å². The molecule has 0 radical (unpaired) electrons. The lowest BCUT2D eigenvalue weighted by molar-refractivity contribution is -0.0266. The number of aromatic nitrogens is 2. The van der Waals surface area contributed by atoms with Crippen molar-refractivity contribution in [2.45, 2.75) is 46.3 Å². The van der Waals surface area contributed by atoms with Crippen LogP contribution >= 0.6 is 0 Å². The van der Waals surface area contributed by atoms with E-state index in [9.17, 15) is 5.11 Å². The zero-order valence-electron chi connectivity index (χ0n) is 10.8. The molecule has 0 spiro atoms. The molecule has 1 aromatic heterocycles. The molecule has 0 fully saturated rings. The molecule has 16 heavy (non-hydrogen) atoms. The van der Waals surface area contributed by atoms with Gasteiger partial charge in [0.1, 0.15) is 6.61 Å². The lowest BCUT2D eigenvalue weighted by Crippen LogP contribution is -2.37. The van der Waals surface area contributed by atoms with Crippen molar-refractivity contribution >= 4 is 0 Å². The maximum Gasteiger partial charge on any atom is 0.157 e. The monoisotopic (exact) mass is 226 g/mol. The van der Waals surface area contributed by atoms with Crippen LogP contribution in [0.3, 0.4) is 0 Å². The van der Waals surface area contributed by atoms with Gasteiger partial charge in [0, 0.05) is 6.04 Å². The molecule has 1 heterocycles. The molecule has 0 saturated carbocycles. The van der Waals surface area contributed by atoms with Gasteiger partial charge in [0.15, 0.2) is 5.75 Å². The minimum atomic E-state index is -0.806. The Labute approximate surface area is 97.2 Å². The molecular weight excluding hydrogens is 204 g/mol. The van der Waals surface area contributed by atoms with Crippen LogP contribution in [0.2, 0.25) is 0 Å². The van der Waals surface area contributed by atoms with Crippen LogP contribution in [-0.4, -0.2) is 27.1 Å². The third kappa shape index (κ3) is 3.23. The van der Waals surface area contributed by atoms with Gasteiger partial charge in [0.25, 0.3) is 0 Å². The van der Waals surface area contributed by atoms with Crippen LogP contribution in [0.15, 0.2) is 12.4 Å².